The molecule has 2 heterocycles. The summed E-state index contributed by atoms with van der Waals surface area (Å²) in [6.07, 6.45) is 0. The number of thiophene rings is 1. The topological polar surface area (TPSA) is 61.9 Å². The van der Waals surface area contributed by atoms with Gasteiger partial charge in [-0.05, 0) is 65.0 Å². The molecule has 0 unspecified atom stereocenters. The fraction of sp³-hybridized carbons (Fsp3) is 0.267. The van der Waals surface area contributed by atoms with E-state index in [0.717, 1.165) is 21.9 Å². The highest BCUT2D eigenvalue weighted by atomic mass is 32.1. The van der Waals surface area contributed by atoms with Crippen molar-refractivity contribution in [3.63, 3.8) is 0 Å². The van der Waals surface area contributed by atoms with Gasteiger partial charge in [0.1, 0.15) is 17.4 Å². The Morgan fingerprint density at radius 1 is 1.18 bits per heavy atom. The molecular formula is C15H16N4O2S. The third-order valence-corrected chi connectivity index (χ3v) is 3.97. The van der Waals surface area contributed by atoms with Crippen LogP contribution >= 0.6 is 11.3 Å². The Labute approximate surface area is 131 Å². The standard InChI is InChI=1S/C15H16N4O2S/c1-11-8-12(2)10-13(9-11)21-6-5-18-15(20)19(17-16-18)14-4-3-7-22-14/h3-4,7-10H,5-6H2,1-2H3. The minimum absolute atomic E-state index is 0.258. The average molecular weight is 316 g/mol. The zero-order valence-electron chi connectivity index (χ0n) is 12.4. The highest BCUT2D eigenvalue weighted by Gasteiger charge is 2.09. The first kappa shape index (κ1) is 14.5. The van der Waals surface area contributed by atoms with Crippen LogP contribution in [0.3, 0.4) is 0 Å². The van der Waals surface area contributed by atoms with Crippen LogP contribution < -0.4 is 10.4 Å². The number of ether oxygens (including phenoxy) is 1. The maximum absolute atomic E-state index is 12.2. The van der Waals surface area contributed by atoms with Crippen molar-refractivity contribution in [2.75, 3.05) is 6.61 Å². The van der Waals surface area contributed by atoms with E-state index < -0.39 is 0 Å². The van der Waals surface area contributed by atoms with E-state index in [-0.39, 0.29) is 5.69 Å². The summed E-state index contributed by atoms with van der Waals surface area (Å²) in [4.78, 5) is 12.2. The monoisotopic (exact) mass is 316 g/mol. The Bertz CT molecular complexity index is 800. The number of rotatable bonds is 5. The largest absolute Gasteiger partial charge is 0.492 e. The van der Waals surface area contributed by atoms with E-state index in [4.69, 9.17) is 4.74 Å². The van der Waals surface area contributed by atoms with E-state index in [0.29, 0.717) is 13.2 Å². The Kier molecular flexibility index (Phi) is 4.06. The second kappa shape index (κ2) is 6.15. The summed E-state index contributed by atoms with van der Waals surface area (Å²) in [6, 6.07) is 9.73. The molecule has 3 rings (SSSR count). The molecule has 1 aromatic carbocycles. The molecule has 0 spiro atoms. The van der Waals surface area contributed by atoms with Crippen molar-refractivity contribution >= 4 is 11.3 Å². The predicted molar refractivity (Wildman–Crippen MR) is 84.9 cm³/mol. The molecule has 0 radical (unpaired) electrons. The molecule has 0 aliphatic carbocycles. The number of aromatic nitrogens is 4. The van der Waals surface area contributed by atoms with E-state index in [1.54, 1.807) is 0 Å². The molecule has 22 heavy (non-hydrogen) atoms. The van der Waals surface area contributed by atoms with Gasteiger partial charge in [-0.15, -0.1) is 11.3 Å². The molecule has 0 fully saturated rings. The van der Waals surface area contributed by atoms with Gasteiger partial charge in [-0.3, -0.25) is 0 Å². The van der Waals surface area contributed by atoms with Crippen LogP contribution in [-0.2, 0) is 6.54 Å². The average Bonchev–Trinajstić information content (AvgIpc) is 3.08. The van der Waals surface area contributed by atoms with E-state index in [2.05, 4.69) is 16.5 Å². The Hall–Kier alpha value is -2.41. The molecule has 0 bridgehead atoms. The van der Waals surface area contributed by atoms with Gasteiger partial charge < -0.3 is 4.74 Å². The van der Waals surface area contributed by atoms with E-state index in [9.17, 15) is 4.79 Å². The van der Waals surface area contributed by atoms with Crippen LogP contribution in [0.25, 0.3) is 5.00 Å². The molecule has 0 amide bonds. The first-order valence-corrected chi connectivity index (χ1v) is 7.79. The summed E-state index contributed by atoms with van der Waals surface area (Å²) in [7, 11) is 0. The van der Waals surface area contributed by atoms with Gasteiger partial charge in [0, 0.05) is 0 Å². The van der Waals surface area contributed by atoms with Crippen LogP contribution in [0, 0.1) is 13.8 Å². The number of tetrazole rings is 1. The molecule has 6 nitrogen and oxygen atoms in total. The highest BCUT2D eigenvalue weighted by Crippen LogP contribution is 2.16. The molecular weight excluding hydrogens is 300 g/mol. The summed E-state index contributed by atoms with van der Waals surface area (Å²) < 4.78 is 8.29. The van der Waals surface area contributed by atoms with Crippen molar-refractivity contribution in [2.24, 2.45) is 0 Å². The molecule has 0 saturated heterocycles. The first-order chi connectivity index (χ1) is 10.6. The summed E-state index contributed by atoms with van der Waals surface area (Å²) in [5, 5.41) is 10.4. The molecule has 0 saturated carbocycles. The molecule has 0 aliphatic rings. The molecule has 114 valence electrons. The zero-order chi connectivity index (χ0) is 15.5. The lowest BCUT2D eigenvalue weighted by molar-refractivity contribution is 0.287. The van der Waals surface area contributed by atoms with E-state index in [1.807, 2.05) is 43.5 Å². The molecule has 0 aliphatic heterocycles. The van der Waals surface area contributed by atoms with Crippen LogP contribution in [0.1, 0.15) is 11.1 Å². The fourth-order valence-corrected chi connectivity index (χ4v) is 2.88. The predicted octanol–water partition coefficient (Wildman–Crippen LogP) is 2.19. The van der Waals surface area contributed by atoms with Crippen LogP contribution in [0.2, 0.25) is 0 Å². The van der Waals surface area contributed by atoms with Crippen LogP contribution in [-0.4, -0.2) is 26.4 Å². The maximum atomic E-state index is 12.2. The van der Waals surface area contributed by atoms with Gasteiger partial charge in [-0.2, -0.15) is 9.36 Å². The van der Waals surface area contributed by atoms with Gasteiger partial charge in [0.25, 0.3) is 0 Å². The lowest BCUT2D eigenvalue weighted by Crippen LogP contribution is -2.26. The lowest BCUT2D eigenvalue weighted by atomic mass is 10.1. The van der Waals surface area contributed by atoms with Crippen molar-refractivity contribution in [2.45, 2.75) is 20.4 Å². The quantitative estimate of drug-likeness (QED) is 0.724. The number of nitrogens with zero attached hydrogens (tertiary/aromatic N) is 4. The smallest absolute Gasteiger partial charge is 0.369 e. The molecule has 7 heteroatoms. The van der Waals surface area contributed by atoms with Crippen molar-refractivity contribution in [3.8, 4) is 10.8 Å². The van der Waals surface area contributed by atoms with Gasteiger partial charge >= 0.3 is 5.69 Å². The summed E-state index contributed by atoms with van der Waals surface area (Å²) in [6.45, 7) is 4.77. The van der Waals surface area contributed by atoms with Crippen LogP contribution in [0.4, 0.5) is 0 Å². The molecule has 3 aromatic rings. The third kappa shape index (κ3) is 3.09. The minimum atomic E-state index is -0.258. The number of hydrogen-bond donors (Lipinski definition) is 0. The van der Waals surface area contributed by atoms with Crippen molar-refractivity contribution in [3.05, 3.63) is 57.3 Å². The zero-order valence-corrected chi connectivity index (χ0v) is 13.2. The summed E-state index contributed by atoms with van der Waals surface area (Å²) in [5.41, 5.74) is 2.04. The maximum Gasteiger partial charge on any atom is 0.369 e. The van der Waals surface area contributed by atoms with Gasteiger partial charge in [0.15, 0.2) is 0 Å². The fourth-order valence-electron chi connectivity index (χ4n) is 2.21. The van der Waals surface area contributed by atoms with E-state index >= 15 is 0 Å². The number of aryl methyl sites for hydroxylation is 2. The van der Waals surface area contributed by atoms with E-state index in [1.165, 1.54) is 20.7 Å². The number of benzene rings is 1. The van der Waals surface area contributed by atoms with Gasteiger partial charge in [0.2, 0.25) is 0 Å². The van der Waals surface area contributed by atoms with Gasteiger partial charge in [-0.25, -0.2) is 4.79 Å². The molecule has 0 N–H and O–H groups in total. The number of hydrogen-bond acceptors (Lipinski definition) is 5. The van der Waals surface area contributed by atoms with Crippen molar-refractivity contribution in [1.82, 2.24) is 19.8 Å². The second-order valence-corrected chi connectivity index (χ2v) is 5.95. The SMILES string of the molecule is Cc1cc(C)cc(OCCn2nnn(-c3cccs3)c2=O)c1. The summed E-state index contributed by atoms with van der Waals surface area (Å²) in [5.74, 6) is 0.802. The van der Waals surface area contributed by atoms with Gasteiger partial charge in [0.05, 0.1) is 6.54 Å². The first-order valence-electron chi connectivity index (χ1n) is 6.91. The third-order valence-electron chi connectivity index (χ3n) is 3.12. The van der Waals surface area contributed by atoms with Crippen LogP contribution in [0.5, 0.6) is 5.75 Å². The molecule has 2 aromatic heterocycles. The second-order valence-electron chi connectivity index (χ2n) is 5.02. The van der Waals surface area contributed by atoms with Crippen LogP contribution in [0.15, 0.2) is 40.5 Å². The Morgan fingerprint density at radius 3 is 2.64 bits per heavy atom. The molecule has 0 atom stereocenters. The van der Waals surface area contributed by atoms with Crippen molar-refractivity contribution in [1.29, 1.82) is 0 Å². The van der Waals surface area contributed by atoms with Crippen molar-refractivity contribution < 1.29 is 4.74 Å². The summed E-state index contributed by atoms with van der Waals surface area (Å²) >= 11 is 1.44. The normalized spacial score (nSPS) is 10.8. The van der Waals surface area contributed by atoms with Gasteiger partial charge in [-0.1, -0.05) is 6.07 Å². The Morgan fingerprint density at radius 2 is 1.95 bits per heavy atom. The minimum Gasteiger partial charge on any atom is -0.492 e. The highest BCUT2D eigenvalue weighted by molar-refractivity contribution is 7.12. The Balaban J connectivity index is 1.66. The lowest BCUT2D eigenvalue weighted by Gasteiger charge is -2.07.